The van der Waals surface area contributed by atoms with E-state index in [1.165, 1.54) is 22.4 Å². The first kappa shape index (κ1) is 18.1. The Hall–Kier alpha value is -2.93. The van der Waals surface area contributed by atoms with E-state index >= 15 is 0 Å². The Morgan fingerprint density at radius 2 is 1.86 bits per heavy atom. The van der Waals surface area contributed by atoms with E-state index in [2.05, 4.69) is 56.6 Å². The number of hydrogen-bond acceptors (Lipinski definition) is 6. The van der Waals surface area contributed by atoms with Gasteiger partial charge in [0.15, 0.2) is 0 Å². The highest BCUT2D eigenvalue weighted by atomic mass is 15.2. The largest absolute Gasteiger partial charge is 0.368 e. The third-order valence-corrected chi connectivity index (χ3v) is 5.80. The number of aromatic nitrogens is 4. The smallest absolute Gasteiger partial charge is 0.228 e. The Kier molecular flexibility index (Phi) is 4.67. The molecular formula is C22H27N7. The van der Waals surface area contributed by atoms with Crippen molar-refractivity contribution in [3.63, 3.8) is 0 Å². The molecule has 0 amide bonds. The number of nitrogens with zero attached hydrogens (tertiary/aromatic N) is 4. The van der Waals surface area contributed by atoms with E-state index < -0.39 is 0 Å². The predicted molar refractivity (Wildman–Crippen MR) is 116 cm³/mol. The number of hydrogen-bond donors (Lipinski definition) is 3. The zero-order valence-corrected chi connectivity index (χ0v) is 17.0. The number of rotatable bonds is 4. The molecule has 0 unspecified atom stereocenters. The van der Waals surface area contributed by atoms with Crippen molar-refractivity contribution in [2.75, 3.05) is 36.4 Å². The summed E-state index contributed by atoms with van der Waals surface area (Å²) in [5.41, 5.74) is 7.28. The molecule has 1 aliphatic heterocycles. The zero-order valence-electron chi connectivity index (χ0n) is 17.0. The minimum absolute atomic E-state index is 0.426. The fourth-order valence-corrected chi connectivity index (χ4v) is 4.23. The lowest BCUT2D eigenvalue weighted by Gasteiger charge is -2.29. The Labute approximate surface area is 171 Å². The number of piperazine rings is 1. The molecule has 7 nitrogen and oxygen atoms in total. The summed E-state index contributed by atoms with van der Waals surface area (Å²) < 4.78 is 0. The van der Waals surface area contributed by atoms with Gasteiger partial charge in [-0.05, 0) is 42.0 Å². The normalized spacial score (nSPS) is 15.9. The number of fused-ring (bicyclic) bond motifs is 3. The molecule has 0 radical (unpaired) electrons. The molecule has 0 spiro atoms. The highest BCUT2D eigenvalue weighted by Gasteiger charge is 2.24. The Bertz CT molecular complexity index is 1000. The van der Waals surface area contributed by atoms with Gasteiger partial charge in [0.1, 0.15) is 5.82 Å². The average Bonchev–Trinajstić information content (AvgIpc) is 3.20. The van der Waals surface area contributed by atoms with E-state index in [0.29, 0.717) is 11.9 Å². The molecule has 2 aliphatic rings. The monoisotopic (exact) mass is 389 g/mol. The maximum atomic E-state index is 4.88. The second-order valence-corrected chi connectivity index (χ2v) is 8.09. The van der Waals surface area contributed by atoms with Gasteiger partial charge in [-0.15, -0.1) is 0 Å². The van der Waals surface area contributed by atoms with Crippen molar-refractivity contribution in [2.24, 2.45) is 0 Å². The fraction of sp³-hybridized carbons (Fsp3) is 0.409. The lowest BCUT2D eigenvalue weighted by molar-refractivity contribution is 0.589. The third-order valence-electron chi connectivity index (χ3n) is 5.80. The van der Waals surface area contributed by atoms with Crippen LogP contribution in [0.3, 0.4) is 0 Å². The fourth-order valence-electron chi connectivity index (χ4n) is 4.23. The van der Waals surface area contributed by atoms with Crippen molar-refractivity contribution in [1.82, 2.24) is 25.3 Å². The van der Waals surface area contributed by atoms with E-state index in [1.54, 1.807) is 0 Å². The van der Waals surface area contributed by atoms with Crippen LogP contribution in [0.5, 0.6) is 0 Å². The molecule has 4 heterocycles. The Morgan fingerprint density at radius 3 is 2.62 bits per heavy atom. The summed E-state index contributed by atoms with van der Waals surface area (Å²) in [5, 5.41) is 6.66. The Balaban J connectivity index is 1.40. The van der Waals surface area contributed by atoms with Crippen molar-refractivity contribution in [1.29, 1.82) is 0 Å². The summed E-state index contributed by atoms with van der Waals surface area (Å²) in [6, 6.07) is 4.11. The van der Waals surface area contributed by atoms with Gasteiger partial charge in [0, 0.05) is 49.8 Å². The topological polar surface area (TPSA) is 81.8 Å². The third kappa shape index (κ3) is 3.46. The van der Waals surface area contributed by atoms with Gasteiger partial charge in [-0.2, -0.15) is 0 Å². The first-order chi connectivity index (χ1) is 14.2. The predicted octanol–water partition coefficient (Wildman–Crippen LogP) is 3.24. The molecule has 5 rings (SSSR count). The van der Waals surface area contributed by atoms with E-state index in [-0.39, 0.29) is 0 Å². The molecule has 3 aromatic rings. The lowest BCUT2D eigenvalue weighted by atomic mass is 9.89. The highest BCUT2D eigenvalue weighted by molar-refractivity contribution is 5.73. The maximum absolute atomic E-state index is 4.88. The summed E-state index contributed by atoms with van der Waals surface area (Å²) in [7, 11) is 0. The van der Waals surface area contributed by atoms with Crippen molar-refractivity contribution in [2.45, 2.75) is 32.6 Å². The van der Waals surface area contributed by atoms with Crippen molar-refractivity contribution in [3.05, 3.63) is 47.5 Å². The second-order valence-electron chi connectivity index (χ2n) is 8.09. The maximum Gasteiger partial charge on any atom is 0.228 e. The van der Waals surface area contributed by atoms with Crippen molar-refractivity contribution in [3.8, 4) is 11.3 Å². The van der Waals surface area contributed by atoms with E-state index in [1.807, 2.05) is 18.5 Å². The minimum Gasteiger partial charge on any atom is -0.368 e. The molecule has 0 bridgehead atoms. The van der Waals surface area contributed by atoms with Crippen LogP contribution in [0, 0.1) is 0 Å². The van der Waals surface area contributed by atoms with Crippen LogP contribution in [0.1, 0.15) is 36.6 Å². The Morgan fingerprint density at radius 1 is 1.03 bits per heavy atom. The first-order valence-corrected chi connectivity index (χ1v) is 10.4. The van der Waals surface area contributed by atoms with Gasteiger partial charge in [0.05, 0.1) is 17.6 Å². The van der Waals surface area contributed by atoms with Crippen LogP contribution in [0.25, 0.3) is 11.3 Å². The molecule has 29 heavy (non-hydrogen) atoms. The summed E-state index contributed by atoms with van der Waals surface area (Å²) in [6.45, 7) is 8.49. The van der Waals surface area contributed by atoms with Gasteiger partial charge < -0.3 is 20.5 Å². The molecule has 3 aromatic heterocycles. The first-order valence-electron chi connectivity index (χ1n) is 10.4. The van der Waals surface area contributed by atoms with Crippen LogP contribution in [-0.2, 0) is 12.8 Å². The summed E-state index contributed by atoms with van der Waals surface area (Å²) in [5.74, 6) is 1.78. The van der Waals surface area contributed by atoms with Gasteiger partial charge in [-0.1, -0.05) is 13.8 Å². The molecule has 0 atom stereocenters. The minimum atomic E-state index is 0.426. The molecule has 150 valence electrons. The molecule has 0 saturated carbocycles. The molecule has 1 fully saturated rings. The van der Waals surface area contributed by atoms with Crippen LogP contribution in [0.4, 0.5) is 17.5 Å². The molecule has 1 aliphatic carbocycles. The van der Waals surface area contributed by atoms with Crippen molar-refractivity contribution >= 4 is 17.5 Å². The van der Waals surface area contributed by atoms with Crippen LogP contribution >= 0.6 is 0 Å². The highest BCUT2D eigenvalue weighted by Crippen LogP contribution is 2.37. The SMILES string of the molecule is CC(C)c1[nH]cc2c1-c1nc(Nc3ccc(N4CCNCC4)cn3)ncc1CC2. The van der Waals surface area contributed by atoms with E-state index in [9.17, 15) is 0 Å². The molecule has 1 saturated heterocycles. The van der Waals surface area contributed by atoms with Gasteiger partial charge in [-0.25, -0.2) is 15.0 Å². The second kappa shape index (κ2) is 7.48. The van der Waals surface area contributed by atoms with E-state index in [0.717, 1.165) is 56.2 Å². The summed E-state index contributed by atoms with van der Waals surface area (Å²) >= 11 is 0. The molecule has 0 aromatic carbocycles. The zero-order chi connectivity index (χ0) is 19.8. The molecule has 7 heteroatoms. The quantitative estimate of drug-likeness (QED) is 0.636. The summed E-state index contributed by atoms with van der Waals surface area (Å²) in [6.07, 6.45) is 8.04. The van der Waals surface area contributed by atoms with Crippen LogP contribution in [-0.4, -0.2) is 46.1 Å². The van der Waals surface area contributed by atoms with Gasteiger partial charge >= 0.3 is 0 Å². The van der Waals surface area contributed by atoms with Gasteiger partial charge in [0.25, 0.3) is 0 Å². The number of anilines is 3. The van der Waals surface area contributed by atoms with Crippen molar-refractivity contribution < 1.29 is 0 Å². The number of pyridine rings is 1. The van der Waals surface area contributed by atoms with Crippen LogP contribution in [0.15, 0.2) is 30.7 Å². The van der Waals surface area contributed by atoms with E-state index in [4.69, 9.17) is 4.98 Å². The van der Waals surface area contributed by atoms with Crippen LogP contribution in [0.2, 0.25) is 0 Å². The average molecular weight is 390 g/mol. The number of nitrogens with one attached hydrogen (secondary N) is 3. The number of H-pyrrole nitrogens is 1. The molecular weight excluding hydrogens is 362 g/mol. The summed E-state index contributed by atoms with van der Waals surface area (Å²) in [4.78, 5) is 19.8. The molecule has 3 N–H and O–H groups in total. The number of aryl methyl sites for hydroxylation is 2. The van der Waals surface area contributed by atoms with Crippen LogP contribution < -0.4 is 15.5 Å². The van der Waals surface area contributed by atoms with Gasteiger partial charge in [-0.3, -0.25) is 0 Å². The standard InChI is InChI=1S/C22H27N7/c1-14(2)20-19-15(11-25-20)3-4-16-12-26-22(28-21(16)19)27-18-6-5-17(13-24-18)29-9-7-23-8-10-29/h5-6,11-14,23,25H,3-4,7-10H2,1-2H3,(H,24,26,27,28). The number of aromatic amines is 1. The van der Waals surface area contributed by atoms with Gasteiger partial charge in [0.2, 0.25) is 5.95 Å². The lowest BCUT2D eigenvalue weighted by Crippen LogP contribution is -2.43.